The topological polar surface area (TPSA) is 96.3 Å². The molecule has 1 fully saturated rings. The lowest BCUT2D eigenvalue weighted by Gasteiger charge is -2.37. The van der Waals surface area contributed by atoms with Crippen molar-refractivity contribution in [3.05, 3.63) is 17.8 Å². The molecular formula is C15H25N7O2. The minimum Gasteiger partial charge on any atom is -0.382 e. The minimum atomic E-state index is -0.990. The summed E-state index contributed by atoms with van der Waals surface area (Å²) in [4.78, 5) is 8.26. The van der Waals surface area contributed by atoms with Crippen molar-refractivity contribution in [3.63, 3.8) is 0 Å². The lowest BCUT2D eigenvalue weighted by Crippen LogP contribution is -2.46. The van der Waals surface area contributed by atoms with Crippen molar-refractivity contribution in [1.82, 2.24) is 30.0 Å². The van der Waals surface area contributed by atoms with Gasteiger partial charge in [0.25, 0.3) is 5.95 Å². The first-order valence-electron chi connectivity index (χ1n) is 8.24. The SMILES string of the molecule is CC(C)n1cc([C@]2(O)CCCN(Cc3nc(N(C)C)no3)C2)nn1. The van der Waals surface area contributed by atoms with Crippen LogP contribution in [0, 0.1) is 0 Å². The molecule has 9 nitrogen and oxygen atoms in total. The van der Waals surface area contributed by atoms with Gasteiger partial charge in [0.2, 0.25) is 5.89 Å². The highest BCUT2D eigenvalue weighted by Gasteiger charge is 2.38. The van der Waals surface area contributed by atoms with Crippen LogP contribution in [0.4, 0.5) is 5.95 Å². The Hall–Kier alpha value is -2.00. The number of likely N-dealkylation sites (tertiary alicyclic amines) is 1. The van der Waals surface area contributed by atoms with Crippen molar-refractivity contribution in [2.75, 3.05) is 32.1 Å². The summed E-state index contributed by atoms with van der Waals surface area (Å²) in [5.74, 6) is 1.10. The number of anilines is 1. The Morgan fingerprint density at radius 3 is 2.83 bits per heavy atom. The minimum absolute atomic E-state index is 0.220. The van der Waals surface area contributed by atoms with Crippen molar-refractivity contribution in [2.24, 2.45) is 0 Å². The van der Waals surface area contributed by atoms with E-state index < -0.39 is 5.60 Å². The lowest BCUT2D eigenvalue weighted by molar-refractivity contribution is -0.0436. The lowest BCUT2D eigenvalue weighted by atomic mass is 9.90. The maximum Gasteiger partial charge on any atom is 0.265 e. The molecule has 3 heterocycles. The van der Waals surface area contributed by atoms with E-state index in [2.05, 4.69) is 25.4 Å². The normalized spacial score (nSPS) is 22.2. The third-order valence-electron chi connectivity index (χ3n) is 4.28. The van der Waals surface area contributed by atoms with Gasteiger partial charge in [-0.15, -0.1) is 5.10 Å². The molecule has 0 aliphatic carbocycles. The predicted molar refractivity (Wildman–Crippen MR) is 87.4 cm³/mol. The van der Waals surface area contributed by atoms with Crippen molar-refractivity contribution in [1.29, 1.82) is 0 Å². The molecule has 0 radical (unpaired) electrons. The van der Waals surface area contributed by atoms with Crippen LogP contribution in [0.5, 0.6) is 0 Å². The Labute approximate surface area is 141 Å². The summed E-state index contributed by atoms with van der Waals surface area (Å²) in [6.07, 6.45) is 3.39. The van der Waals surface area contributed by atoms with Crippen LogP contribution in [-0.4, -0.2) is 62.3 Å². The van der Waals surface area contributed by atoms with E-state index in [0.717, 1.165) is 13.0 Å². The maximum absolute atomic E-state index is 11.0. The quantitative estimate of drug-likeness (QED) is 0.857. The van der Waals surface area contributed by atoms with Gasteiger partial charge in [-0.25, -0.2) is 4.68 Å². The number of piperidine rings is 1. The summed E-state index contributed by atoms with van der Waals surface area (Å²) in [6, 6.07) is 0.220. The molecule has 1 atom stereocenters. The summed E-state index contributed by atoms with van der Waals surface area (Å²) < 4.78 is 7.05. The molecule has 2 aromatic rings. The molecule has 0 saturated carbocycles. The molecule has 2 aromatic heterocycles. The van der Waals surface area contributed by atoms with Gasteiger partial charge in [-0.05, 0) is 38.4 Å². The Bertz CT molecular complexity index is 681. The number of hydrogen-bond acceptors (Lipinski definition) is 8. The number of aliphatic hydroxyl groups is 1. The zero-order valence-corrected chi connectivity index (χ0v) is 14.7. The number of rotatable bonds is 5. The van der Waals surface area contributed by atoms with Crippen molar-refractivity contribution in [2.45, 2.75) is 44.9 Å². The van der Waals surface area contributed by atoms with Crippen LogP contribution < -0.4 is 4.90 Å². The van der Waals surface area contributed by atoms with E-state index in [0.29, 0.717) is 37.0 Å². The van der Waals surface area contributed by atoms with E-state index in [1.165, 1.54) is 0 Å². The van der Waals surface area contributed by atoms with Gasteiger partial charge in [-0.2, -0.15) is 4.98 Å². The molecular weight excluding hydrogens is 310 g/mol. The van der Waals surface area contributed by atoms with Gasteiger partial charge in [-0.3, -0.25) is 4.90 Å². The van der Waals surface area contributed by atoms with Crippen LogP contribution in [-0.2, 0) is 12.1 Å². The molecule has 1 aliphatic heterocycles. The summed E-state index contributed by atoms with van der Waals surface area (Å²) in [5, 5.41) is 23.3. The summed E-state index contributed by atoms with van der Waals surface area (Å²) in [6.45, 7) is 5.94. The smallest absolute Gasteiger partial charge is 0.265 e. The first-order chi connectivity index (χ1) is 11.4. The number of nitrogens with zero attached hydrogens (tertiary/aromatic N) is 7. The molecule has 1 saturated heterocycles. The van der Waals surface area contributed by atoms with Crippen molar-refractivity contribution in [3.8, 4) is 0 Å². The van der Waals surface area contributed by atoms with E-state index in [-0.39, 0.29) is 6.04 Å². The first-order valence-corrected chi connectivity index (χ1v) is 8.24. The van der Waals surface area contributed by atoms with Gasteiger partial charge >= 0.3 is 0 Å². The second-order valence-electron chi connectivity index (χ2n) is 6.91. The standard InChI is InChI=1S/C15H25N7O2/c1-11(2)22-8-12(17-19-22)15(23)6-5-7-21(10-15)9-13-16-14(18-24-13)20(3)4/h8,11,23H,5-7,9-10H2,1-4H3/t15-/m0/s1. The summed E-state index contributed by atoms with van der Waals surface area (Å²) >= 11 is 0. The molecule has 1 aliphatic rings. The molecule has 0 spiro atoms. The van der Waals surface area contributed by atoms with Crippen LogP contribution in [0.2, 0.25) is 0 Å². The van der Waals surface area contributed by atoms with Crippen LogP contribution in [0.15, 0.2) is 10.7 Å². The summed E-state index contributed by atoms with van der Waals surface area (Å²) in [7, 11) is 3.73. The van der Waals surface area contributed by atoms with Crippen molar-refractivity contribution < 1.29 is 9.63 Å². The number of hydrogen-bond donors (Lipinski definition) is 1. The van der Waals surface area contributed by atoms with Crippen LogP contribution >= 0.6 is 0 Å². The van der Waals surface area contributed by atoms with E-state index >= 15 is 0 Å². The molecule has 132 valence electrons. The van der Waals surface area contributed by atoms with Gasteiger partial charge in [0.15, 0.2) is 0 Å². The van der Waals surface area contributed by atoms with E-state index in [1.807, 2.05) is 34.1 Å². The molecule has 9 heteroatoms. The van der Waals surface area contributed by atoms with Gasteiger partial charge in [0, 0.05) is 26.7 Å². The largest absolute Gasteiger partial charge is 0.382 e. The van der Waals surface area contributed by atoms with Gasteiger partial charge in [0.1, 0.15) is 11.3 Å². The Morgan fingerprint density at radius 2 is 2.21 bits per heavy atom. The van der Waals surface area contributed by atoms with Gasteiger partial charge in [0.05, 0.1) is 12.7 Å². The highest BCUT2D eigenvalue weighted by atomic mass is 16.5. The monoisotopic (exact) mass is 335 g/mol. The highest BCUT2D eigenvalue weighted by Crippen LogP contribution is 2.31. The Balaban J connectivity index is 1.70. The van der Waals surface area contributed by atoms with E-state index in [4.69, 9.17) is 4.52 Å². The third-order valence-corrected chi connectivity index (χ3v) is 4.28. The molecule has 0 aromatic carbocycles. The molecule has 1 N–H and O–H groups in total. The molecule has 3 rings (SSSR count). The van der Waals surface area contributed by atoms with Crippen LogP contribution in [0.25, 0.3) is 0 Å². The Morgan fingerprint density at radius 1 is 1.42 bits per heavy atom. The van der Waals surface area contributed by atoms with E-state index in [9.17, 15) is 5.11 Å². The van der Waals surface area contributed by atoms with Crippen LogP contribution in [0.1, 0.15) is 44.3 Å². The fourth-order valence-corrected chi connectivity index (χ4v) is 2.89. The second kappa shape index (κ2) is 6.48. The van der Waals surface area contributed by atoms with Crippen molar-refractivity contribution >= 4 is 5.95 Å². The van der Waals surface area contributed by atoms with Gasteiger partial charge < -0.3 is 14.5 Å². The predicted octanol–water partition coefficient (Wildman–Crippen LogP) is 0.792. The average Bonchev–Trinajstić information content (AvgIpc) is 3.16. The molecule has 24 heavy (non-hydrogen) atoms. The van der Waals surface area contributed by atoms with Gasteiger partial charge in [-0.1, -0.05) is 5.21 Å². The highest BCUT2D eigenvalue weighted by molar-refractivity contribution is 5.23. The van der Waals surface area contributed by atoms with E-state index in [1.54, 1.807) is 9.58 Å². The fourth-order valence-electron chi connectivity index (χ4n) is 2.89. The zero-order chi connectivity index (χ0) is 17.3. The maximum atomic E-state index is 11.0. The number of aromatic nitrogens is 5. The molecule has 0 amide bonds. The fraction of sp³-hybridized carbons (Fsp3) is 0.733. The zero-order valence-electron chi connectivity index (χ0n) is 14.7. The second-order valence-corrected chi connectivity index (χ2v) is 6.91. The number of β-amino-alcohol motifs (C(OH)–C–C–N with tert-alkyl or cyclic N) is 1. The first kappa shape index (κ1) is 16.8. The third kappa shape index (κ3) is 3.41. The molecule has 0 bridgehead atoms. The van der Waals surface area contributed by atoms with Crippen LogP contribution in [0.3, 0.4) is 0 Å². The average molecular weight is 335 g/mol. The summed E-state index contributed by atoms with van der Waals surface area (Å²) in [5.41, 5.74) is -0.365. The Kier molecular flexibility index (Phi) is 4.55. The molecule has 0 unspecified atom stereocenters.